The number of benzene rings is 1. The molecule has 71 valence electrons. The maximum Gasteiger partial charge on any atom is 0.139 e. The van der Waals surface area contributed by atoms with Crippen LogP contribution in [0, 0.1) is 6.07 Å². The molecule has 1 nitrogen and oxygen atoms in total. The lowest BCUT2D eigenvalue weighted by Gasteiger charge is -2.06. The summed E-state index contributed by atoms with van der Waals surface area (Å²) in [6.07, 6.45) is 2.12. The third-order valence-corrected chi connectivity index (χ3v) is 2.10. The summed E-state index contributed by atoms with van der Waals surface area (Å²) >= 11 is 11.6. The van der Waals surface area contributed by atoms with Gasteiger partial charge in [0.2, 0.25) is 0 Å². The van der Waals surface area contributed by atoms with Gasteiger partial charge in [-0.25, -0.2) is 0 Å². The van der Waals surface area contributed by atoms with Gasteiger partial charge in [0.05, 0.1) is 16.7 Å². The van der Waals surface area contributed by atoms with Crippen LogP contribution < -0.4 is 4.74 Å². The summed E-state index contributed by atoms with van der Waals surface area (Å²) < 4.78 is 5.42. The Morgan fingerprint density at radius 3 is 2.92 bits per heavy atom. The Hall–Kier alpha value is -0.400. The van der Waals surface area contributed by atoms with Crippen LogP contribution in [0.15, 0.2) is 12.1 Å². The van der Waals surface area contributed by atoms with E-state index < -0.39 is 0 Å². The van der Waals surface area contributed by atoms with Gasteiger partial charge in [0.15, 0.2) is 0 Å². The summed E-state index contributed by atoms with van der Waals surface area (Å²) in [5.74, 6) is 0.638. The van der Waals surface area contributed by atoms with E-state index >= 15 is 0 Å². The van der Waals surface area contributed by atoms with E-state index in [1.165, 1.54) is 0 Å². The maximum absolute atomic E-state index is 5.86. The first-order valence-corrected chi connectivity index (χ1v) is 4.99. The summed E-state index contributed by atoms with van der Waals surface area (Å²) in [5.41, 5.74) is 0. The Labute approximate surface area is 88.6 Å². The standard InChI is InChI=1S/C10H11Cl2O/c1-2-3-6-13-10-7-8(11)4-5-9(10)12/h5,7H,2-3,6H2,1H3. The van der Waals surface area contributed by atoms with Crippen LogP contribution >= 0.6 is 23.2 Å². The average molecular weight is 218 g/mol. The molecule has 0 heterocycles. The van der Waals surface area contributed by atoms with Gasteiger partial charge in [0.25, 0.3) is 0 Å². The lowest BCUT2D eigenvalue weighted by Crippen LogP contribution is -1.96. The fourth-order valence-corrected chi connectivity index (χ4v) is 1.18. The van der Waals surface area contributed by atoms with Crippen molar-refractivity contribution in [3.05, 3.63) is 28.2 Å². The molecule has 0 aliphatic carbocycles. The topological polar surface area (TPSA) is 9.23 Å². The minimum atomic E-state index is 0.524. The van der Waals surface area contributed by atoms with Gasteiger partial charge in [-0.05, 0) is 12.5 Å². The lowest BCUT2D eigenvalue weighted by atomic mass is 10.3. The van der Waals surface area contributed by atoms with E-state index in [0.29, 0.717) is 22.4 Å². The molecule has 0 fully saturated rings. The predicted molar refractivity (Wildman–Crippen MR) is 55.7 cm³/mol. The van der Waals surface area contributed by atoms with Gasteiger partial charge in [-0.15, -0.1) is 0 Å². The number of unbranched alkanes of at least 4 members (excludes halogenated alkanes) is 1. The number of halogens is 2. The normalized spacial score (nSPS) is 10.1. The first kappa shape index (κ1) is 10.7. The van der Waals surface area contributed by atoms with Crippen molar-refractivity contribution in [2.75, 3.05) is 6.61 Å². The lowest BCUT2D eigenvalue weighted by molar-refractivity contribution is 0.309. The molecule has 0 aliphatic heterocycles. The van der Waals surface area contributed by atoms with Gasteiger partial charge >= 0.3 is 0 Å². The number of hydrogen-bond acceptors (Lipinski definition) is 1. The molecule has 0 aromatic heterocycles. The van der Waals surface area contributed by atoms with E-state index in [9.17, 15) is 0 Å². The summed E-state index contributed by atoms with van der Waals surface area (Å²) in [7, 11) is 0. The van der Waals surface area contributed by atoms with E-state index in [-0.39, 0.29) is 0 Å². The largest absolute Gasteiger partial charge is 0.492 e. The molecular formula is C10H11Cl2O. The zero-order chi connectivity index (χ0) is 9.68. The first-order chi connectivity index (χ1) is 6.24. The zero-order valence-electron chi connectivity index (χ0n) is 7.44. The van der Waals surface area contributed by atoms with Crippen molar-refractivity contribution in [1.29, 1.82) is 0 Å². The zero-order valence-corrected chi connectivity index (χ0v) is 8.95. The summed E-state index contributed by atoms with van der Waals surface area (Å²) in [4.78, 5) is 0. The van der Waals surface area contributed by atoms with E-state index in [4.69, 9.17) is 27.9 Å². The average Bonchev–Trinajstić information content (AvgIpc) is 2.11. The number of hydrogen-bond donors (Lipinski definition) is 0. The summed E-state index contributed by atoms with van der Waals surface area (Å²) in [6, 6.07) is 6.08. The first-order valence-electron chi connectivity index (χ1n) is 4.23. The molecule has 0 unspecified atom stereocenters. The molecule has 0 spiro atoms. The van der Waals surface area contributed by atoms with Crippen LogP contribution in [0.25, 0.3) is 0 Å². The van der Waals surface area contributed by atoms with Gasteiger partial charge in [-0.1, -0.05) is 36.5 Å². The molecule has 3 heteroatoms. The highest BCUT2D eigenvalue weighted by molar-refractivity contribution is 6.34. The van der Waals surface area contributed by atoms with Crippen molar-refractivity contribution < 1.29 is 4.74 Å². The van der Waals surface area contributed by atoms with Crippen molar-refractivity contribution in [2.45, 2.75) is 19.8 Å². The Kier molecular flexibility index (Phi) is 4.40. The fraction of sp³-hybridized carbons (Fsp3) is 0.400. The molecule has 1 radical (unpaired) electrons. The second-order valence-electron chi connectivity index (χ2n) is 2.70. The molecule has 0 amide bonds. The van der Waals surface area contributed by atoms with Crippen LogP contribution in [-0.4, -0.2) is 6.61 Å². The Balaban J connectivity index is 2.59. The SMILES string of the molecule is CCCCOc1cc(Cl)[c]cc1Cl. The number of ether oxygens (including phenoxy) is 1. The van der Waals surface area contributed by atoms with Crippen molar-refractivity contribution in [3.8, 4) is 5.75 Å². The molecule has 0 N–H and O–H groups in total. The Morgan fingerprint density at radius 2 is 2.23 bits per heavy atom. The highest BCUT2D eigenvalue weighted by Gasteiger charge is 2.01. The van der Waals surface area contributed by atoms with Gasteiger partial charge in [0.1, 0.15) is 5.75 Å². The summed E-state index contributed by atoms with van der Waals surface area (Å²) in [6.45, 7) is 2.78. The Morgan fingerprint density at radius 1 is 1.46 bits per heavy atom. The smallest absolute Gasteiger partial charge is 0.139 e. The molecule has 1 aromatic carbocycles. The van der Waals surface area contributed by atoms with Crippen LogP contribution in [0.2, 0.25) is 10.0 Å². The molecule has 1 aromatic rings. The minimum Gasteiger partial charge on any atom is -0.492 e. The van der Waals surface area contributed by atoms with Crippen molar-refractivity contribution >= 4 is 23.2 Å². The van der Waals surface area contributed by atoms with Crippen molar-refractivity contribution in [1.82, 2.24) is 0 Å². The van der Waals surface area contributed by atoms with Crippen LogP contribution in [0.3, 0.4) is 0 Å². The van der Waals surface area contributed by atoms with E-state index in [1.54, 1.807) is 12.1 Å². The maximum atomic E-state index is 5.86. The van der Waals surface area contributed by atoms with Gasteiger partial charge in [0, 0.05) is 12.1 Å². The highest BCUT2D eigenvalue weighted by atomic mass is 35.5. The highest BCUT2D eigenvalue weighted by Crippen LogP contribution is 2.27. The van der Waals surface area contributed by atoms with E-state index in [0.717, 1.165) is 12.8 Å². The third-order valence-electron chi connectivity index (χ3n) is 1.59. The third kappa shape index (κ3) is 3.45. The molecular weight excluding hydrogens is 207 g/mol. The molecule has 0 saturated heterocycles. The van der Waals surface area contributed by atoms with Crippen molar-refractivity contribution in [3.63, 3.8) is 0 Å². The molecule has 0 bridgehead atoms. The predicted octanol–water partition coefficient (Wildman–Crippen LogP) is 3.97. The molecule has 0 aliphatic rings. The molecule has 0 atom stereocenters. The van der Waals surface area contributed by atoms with Gasteiger partial charge < -0.3 is 4.74 Å². The summed E-state index contributed by atoms with van der Waals surface area (Å²) in [5, 5.41) is 1.08. The fourth-order valence-electron chi connectivity index (χ4n) is 0.866. The second-order valence-corrected chi connectivity index (χ2v) is 3.51. The molecule has 13 heavy (non-hydrogen) atoms. The van der Waals surface area contributed by atoms with Crippen LogP contribution in [-0.2, 0) is 0 Å². The van der Waals surface area contributed by atoms with Crippen LogP contribution in [0.4, 0.5) is 0 Å². The van der Waals surface area contributed by atoms with E-state index in [1.807, 2.05) is 0 Å². The van der Waals surface area contributed by atoms with Gasteiger partial charge in [-0.3, -0.25) is 0 Å². The quantitative estimate of drug-likeness (QED) is 0.694. The monoisotopic (exact) mass is 217 g/mol. The van der Waals surface area contributed by atoms with Crippen LogP contribution in [0.5, 0.6) is 5.75 Å². The Bertz CT molecular complexity index is 274. The molecule has 0 saturated carbocycles. The minimum absolute atomic E-state index is 0.524. The van der Waals surface area contributed by atoms with Gasteiger partial charge in [-0.2, -0.15) is 0 Å². The van der Waals surface area contributed by atoms with Crippen molar-refractivity contribution in [2.24, 2.45) is 0 Å². The van der Waals surface area contributed by atoms with E-state index in [2.05, 4.69) is 13.0 Å². The van der Waals surface area contributed by atoms with Crippen LogP contribution in [0.1, 0.15) is 19.8 Å². The molecule has 1 rings (SSSR count). The number of rotatable bonds is 4. The second kappa shape index (κ2) is 5.36.